The summed E-state index contributed by atoms with van der Waals surface area (Å²) in [7, 11) is 2.06. The Morgan fingerprint density at radius 2 is 2.03 bits per heavy atom. The lowest BCUT2D eigenvalue weighted by Crippen LogP contribution is -2.46. The molecule has 0 bridgehead atoms. The number of fused-ring (bicyclic) bond motifs is 1. The van der Waals surface area contributed by atoms with Gasteiger partial charge in [-0.05, 0) is 38.1 Å². The Balaban J connectivity index is 1.42. The molecule has 4 aromatic rings. The molecular weight excluding hydrogens is 468 g/mol. The topological polar surface area (TPSA) is 135 Å². The molecule has 1 aliphatic heterocycles. The standard InChI is InChI=1S/C23H24N8O3S/c1-29-6-8-30(9-7-29)22(33)18-5-4-17(35-18)15-11-19(25-14-2-3-14)31-20(26-15)13(12-24-31)10-16-21(32)28-23(34)27-16/h4-5,10-12,14,32H,2-3,6-9H2,1H3,(H2,27,28,34). The summed E-state index contributed by atoms with van der Waals surface area (Å²) >= 11 is 1.42. The predicted molar refractivity (Wildman–Crippen MR) is 130 cm³/mol. The molecule has 0 radical (unpaired) electrons. The summed E-state index contributed by atoms with van der Waals surface area (Å²) in [6.07, 6.45) is 5.32. The minimum atomic E-state index is -0.501. The predicted octanol–water partition coefficient (Wildman–Crippen LogP) is 0.178. The van der Waals surface area contributed by atoms with Crippen LogP contribution in [0.15, 0.2) is 34.2 Å². The summed E-state index contributed by atoms with van der Waals surface area (Å²) in [5.41, 5.74) is 1.66. The molecule has 1 amide bonds. The lowest BCUT2D eigenvalue weighted by Gasteiger charge is -2.32. The van der Waals surface area contributed by atoms with Crippen molar-refractivity contribution in [3.63, 3.8) is 0 Å². The fourth-order valence-corrected chi connectivity index (χ4v) is 5.01. The Kier molecular flexibility index (Phi) is 5.26. The quantitative estimate of drug-likeness (QED) is 0.372. The number of thiophene rings is 1. The highest BCUT2D eigenvalue weighted by atomic mass is 32.1. The molecule has 2 fully saturated rings. The first-order chi connectivity index (χ1) is 16.9. The van der Waals surface area contributed by atoms with Crippen LogP contribution in [0.3, 0.4) is 0 Å². The number of carbonyl (C=O) groups excluding carboxylic acids is 1. The van der Waals surface area contributed by atoms with Crippen molar-refractivity contribution < 1.29 is 9.90 Å². The van der Waals surface area contributed by atoms with E-state index in [-0.39, 0.29) is 23.5 Å². The first kappa shape index (κ1) is 21.7. The second kappa shape index (κ2) is 8.47. The van der Waals surface area contributed by atoms with E-state index >= 15 is 0 Å². The molecule has 3 N–H and O–H groups in total. The summed E-state index contributed by atoms with van der Waals surface area (Å²) in [5, 5.41) is 15.0. The molecule has 0 unspecified atom stereocenters. The van der Waals surface area contributed by atoms with E-state index in [0.29, 0.717) is 26.9 Å². The van der Waals surface area contributed by atoms with Gasteiger partial charge in [0.05, 0.1) is 27.7 Å². The second-order valence-electron chi connectivity index (χ2n) is 8.94. The van der Waals surface area contributed by atoms with Gasteiger partial charge in [0.25, 0.3) is 5.91 Å². The van der Waals surface area contributed by atoms with E-state index in [0.717, 1.165) is 43.9 Å². The van der Waals surface area contributed by atoms with E-state index < -0.39 is 5.69 Å². The van der Waals surface area contributed by atoms with Gasteiger partial charge in [0.1, 0.15) is 5.69 Å². The fourth-order valence-electron chi connectivity index (χ4n) is 4.08. The van der Waals surface area contributed by atoms with Crippen molar-refractivity contribution in [3.8, 4) is 16.5 Å². The van der Waals surface area contributed by atoms with E-state index in [2.05, 4.69) is 27.0 Å². The van der Waals surface area contributed by atoms with Gasteiger partial charge in [0.2, 0.25) is 5.88 Å². The number of nitrogens with zero attached hydrogens (tertiary/aromatic N) is 6. The average Bonchev–Trinajstić information content (AvgIpc) is 3.23. The molecule has 4 aromatic heterocycles. The molecule has 11 nitrogen and oxygen atoms in total. The molecular formula is C23H24N8O3S. The Bertz CT molecular complexity index is 1600. The Morgan fingerprint density at radius 1 is 1.23 bits per heavy atom. The van der Waals surface area contributed by atoms with Gasteiger partial charge < -0.3 is 19.9 Å². The van der Waals surface area contributed by atoms with Gasteiger partial charge in [-0.1, -0.05) is 0 Å². The van der Waals surface area contributed by atoms with Gasteiger partial charge in [0, 0.05) is 37.5 Å². The van der Waals surface area contributed by atoms with Crippen molar-refractivity contribution in [1.29, 1.82) is 0 Å². The zero-order chi connectivity index (χ0) is 24.1. The number of H-pyrrole nitrogens is 2. The van der Waals surface area contributed by atoms with Crippen molar-refractivity contribution in [2.24, 2.45) is 4.99 Å². The van der Waals surface area contributed by atoms with Crippen LogP contribution in [0.5, 0.6) is 5.88 Å². The summed E-state index contributed by atoms with van der Waals surface area (Å²) in [5.74, 6) is -0.206. The largest absolute Gasteiger partial charge is 0.493 e. The number of carbonyl (C=O) groups is 1. The molecule has 1 saturated heterocycles. The maximum atomic E-state index is 13.0. The SMILES string of the molecule is CN1CCN(C(=O)c2ccc(-c3cc(=NC4CC4)n4ncc(=Cc5[nH]c(=O)[nH]c5O)c4n3)s2)CC1. The highest BCUT2D eigenvalue weighted by molar-refractivity contribution is 7.17. The van der Waals surface area contributed by atoms with E-state index in [9.17, 15) is 14.7 Å². The van der Waals surface area contributed by atoms with Crippen LogP contribution in [0.25, 0.3) is 22.3 Å². The maximum absolute atomic E-state index is 13.0. The third kappa shape index (κ3) is 4.26. The van der Waals surface area contributed by atoms with Crippen LogP contribution in [-0.4, -0.2) is 84.6 Å². The molecule has 6 rings (SSSR count). The van der Waals surface area contributed by atoms with Crippen LogP contribution in [0, 0.1) is 0 Å². The third-order valence-corrected chi connectivity index (χ3v) is 7.33. The van der Waals surface area contributed by atoms with Crippen molar-refractivity contribution in [1.82, 2.24) is 34.4 Å². The van der Waals surface area contributed by atoms with Crippen molar-refractivity contribution in [2.45, 2.75) is 18.9 Å². The van der Waals surface area contributed by atoms with Gasteiger partial charge in [-0.25, -0.2) is 9.78 Å². The summed E-state index contributed by atoms with van der Waals surface area (Å²) in [4.78, 5) is 44.7. The zero-order valence-corrected chi connectivity index (χ0v) is 19.9. The third-order valence-electron chi connectivity index (χ3n) is 6.24. The number of piperazine rings is 1. The Labute approximate surface area is 203 Å². The summed E-state index contributed by atoms with van der Waals surface area (Å²) < 4.78 is 1.67. The van der Waals surface area contributed by atoms with Crippen molar-refractivity contribution >= 4 is 29.0 Å². The van der Waals surface area contributed by atoms with Crippen LogP contribution in [-0.2, 0) is 0 Å². The molecule has 2 aliphatic rings. The summed E-state index contributed by atoms with van der Waals surface area (Å²) in [6, 6.07) is 5.94. The van der Waals surface area contributed by atoms with Crippen LogP contribution in [0.4, 0.5) is 0 Å². The van der Waals surface area contributed by atoms with Crippen LogP contribution >= 0.6 is 11.3 Å². The number of aromatic hydroxyl groups is 1. The molecule has 0 atom stereocenters. The van der Waals surface area contributed by atoms with Gasteiger partial charge in [-0.3, -0.25) is 14.8 Å². The highest BCUT2D eigenvalue weighted by Crippen LogP contribution is 2.28. The maximum Gasteiger partial charge on any atom is 0.326 e. The molecule has 180 valence electrons. The number of rotatable bonds is 4. The molecule has 0 spiro atoms. The number of likely N-dealkylation sites (N-methyl/N-ethyl adjacent to an activating group) is 1. The number of nitrogens with one attached hydrogen (secondary N) is 2. The van der Waals surface area contributed by atoms with Crippen LogP contribution < -0.4 is 16.4 Å². The molecule has 1 aliphatic carbocycles. The number of hydrogen-bond acceptors (Lipinski definition) is 8. The van der Waals surface area contributed by atoms with E-state index in [1.165, 1.54) is 11.3 Å². The number of aromatic nitrogens is 5. The molecule has 1 saturated carbocycles. The first-order valence-electron chi connectivity index (χ1n) is 11.5. The first-order valence-corrected chi connectivity index (χ1v) is 12.3. The second-order valence-corrected chi connectivity index (χ2v) is 10.0. The molecule has 0 aromatic carbocycles. The van der Waals surface area contributed by atoms with Crippen LogP contribution in [0.1, 0.15) is 28.2 Å². The number of aromatic amines is 2. The number of imidazole rings is 1. The van der Waals surface area contributed by atoms with Gasteiger partial charge in [-0.2, -0.15) is 9.61 Å². The Morgan fingerprint density at radius 3 is 2.74 bits per heavy atom. The van der Waals surface area contributed by atoms with Crippen molar-refractivity contribution in [2.75, 3.05) is 33.2 Å². The van der Waals surface area contributed by atoms with E-state index in [4.69, 9.17) is 9.98 Å². The highest BCUT2D eigenvalue weighted by Gasteiger charge is 2.23. The van der Waals surface area contributed by atoms with Crippen LogP contribution in [0.2, 0.25) is 0 Å². The van der Waals surface area contributed by atoms with Gasteiger partial charge >= 0.3 is 5.69 Å². The lowest BCUT2D eigenvalue weighted by atomic mass is 10.3. The summed E-state index contributed by atoms with van der Waals surface area (Å²) in [6.45, 7) is 3.19. The normalized spacial score (nSPS) is 18.1. The molecule has 5 heterocycles. The lowest BCUT2D eigenvalue weighted by molar-refractivity contribution is 0.0669. The monoisotopic (exact) mass is 492 g/mol. The van der Waals surface area contributed by atoms with Gasteiger partial charge in [-0.15, -0.1) is 11.3 Å². The molecule has 12 heteroatoms. The number of hydrogen-bond donors (Lipinski definition) is 3. The minimum absolute atomic E-state index is 0.0450. The zero-order valence-electron chi connectivity index (χ0n) is 19.1. The number of amides is 1. The van der Waals surface area contributed by atoms with Crippen molar-refractivity contribution in [3.05, 3.63) is 56.2 Å². The fraction of sp³-hybridized carbons (Fsp3) is 0.348. The van der Waals surface area contributed by atoms with E-state index in [1.807, 2.05) is 23.1 Å². The average molecular weight is 493 g/mol. The minimum Gasteiger partial charge on any atom is -0.493 e. The Hall–Kier alpha value is -3.77. The smallest absolute Gasteiger partial charge is 0.326 e. The van der Waals surface area contributed by atoms with E-state index in [1.54, 1.807) is 16.8 Å². The molecule has 35 heavy (non-hydrogen) atoms. The van der Waals surface area contributed by atoms with Gasteiger partial charge in [0.15, 0.2) is 11.1 Å².